The summed E-state index contributed by atoms with van der Waals surface area (Å²) < 4.78 is 26.2. The van der Waals surface area contributed by atoms with Gasteiger partial charge in [-0.2, -0.15) is 0 Å². The average molecular weight is 280 g/mol. The maximum absolute atomic E-state index is 12.2. The Morgan fingerprint density at radius 1 is 1.24 bits per heavy atom. The van der Waals surface area contributed by atoms with Crippen molar-refractivity contribution >= 4 is 21.6 Å². The topological polar surface area (TPSA) is 37.4 Å². The molecule has 1 saturated carbocycles. The van der Waals surface area contributed by atoms with E-state index >= 15 is 0 Å². The van der Waals surface area contributed by atoms with Crippen LogP contribution < -0.4 is 0 Å². The molecule has 1 aliphatic heterocycles. The molecule has 3 nitrogen and oxygen atoms in total. The highest BCUT2D eigenvalue weighted by molar-refractivity contribution is 7.89. The van der Waals surface area contributed by atoms with E-state index in [0.29, 0.717) is 12.5 Å². The number of piperidine rings is 1. The Hall–Kier alpha value is 0.200. The van der Waals surface area contributed by atoms with Crippen LogP contribution >= 0.6 is 11.6 Å². The summed E-state index contributed by atoms with van der Waals surface area (Å²) in [6, 6.07) is 0. The minimum Gasteiger partial charge on any atom is -0.212 e. The molecule has 0 radical (unpaired) electrons. The van der Waals surface area contributed by atoms with E-state index in [9.17, 15) is 8.42 Å². The number of halogens is 1. The lowest BCUT2D eigenvalue weighted by molar-refractivity contribution is 0.136. The SMILES string of the molecule is CC(CCl)S(=O)(=O)N1CCC2CCCCC2C1. The molecule has 2 aliphatic rings. The van der Waals surface area contributed by atoms with Crippen molar-refractivity contribution in [1.29, 1.82) is 0 Å². The lowest BCUT2D eigenvalue weighted by Crippen LogP contribution is -2.47. The van der Waals surface area contributed by atoms with Crippen molar-refractivity contribution in [1.82, 2.24) is 4.31 Å². The van der Waals surface area contributed by atoms with Crippen LogP contribution in [0.3, 0.4) is 0 Å². The van der Waals surface area contributed by atoms with Gasteiger partial charge in [0.05, 0.1) is 5.25 Å². The van der Waals surface area contributed by atoms with E-state index in [2.05, 4.69) is 0 Å². The van der Waals surface area contributed by atoms with Gasteiger partial charge in [-0.25, -0.2) is 12.7 Å². The van der Waals surface area contributed by atoms with Gasteiger partial charge >= 0.3 is 0 Å². The summed E-state index contributed by atoms with van der Waals surface area (Å²) in [5.41, 5.74) is 0. The third kappa shape index (κ3) is 2.79. The average Bonchev–Trinajstić information content (AvgIpc) is 2.37. The van der Waals surface area contributed by atoms with Crippen LogP contribution in [0.1, 0.15) is 39.0 Å². The van der Waals surface area contributed by atoms with Crippen LogP contribution in [-0.4, -0.2) is 36.9 Å². The van der Waals surface area contributed by atoms with Crippen molar-refractivity contribution in [2.75, 3.05) is 19.0 Å². The molecule has 3 unspecified atom stereocenters. The van der Waals surface area contributed by atoms with Crippen LogP contribution in [0.5, 0.6) is 0 Å². The maximum atomic E-state index is 12.2. The Labute approximate surface area is 110 Å². The zero-order chi connectivity index (χ0) is 12.5. The van der Waals surface area contributed by atoms with Gasteiger partial charge < -0.3 is 0 Å². The lowest BCUT2D eigenvalue weighted by Gasteiger charge is -2.41. The van der Waals surface area contributed by atoms with Gasteiger partial charge in [0.1, 0.15) is 0 Å². The molecular weight excluding hydrogens is 258 g/mol. The molecule has 3 atom stereocenters. The molecule has 0 bridgehead atoms. The Balaban J connectivity index is 2.04. The number of nitrogens with zero attached hydrogens (tertiary/aromatic N) is 1. The monoisotopic (exact) mass is 279 g/mol. The highest BCUT2D eigenvalue weighted by atomic mass is 35.5. The fourth-order valence-electron chi connectivity index (χ4n) is 3.13. The molecule has 0 N–H and O–H groups in total. The van der Waals surface area contributed by atoms with E-state index in [-0.39, 0.29) is 5.88 Å². The van der Waals surface area contributed by atoms with Gasteiger partial charge in [0, 0.05) is 19.0 Å². The number of fused-ring (bicyclic) bond motifs is 1. The van der Waals surface area contributed by atoms with Crippen molar-refractivity contribution in [3.63, 3.8) is 0 Å². The molecule has 100 valence electrons. The van der Waals surface area contributed by atoms with E-state index in [4.69, 9.17) is 11.6 Å². The second kappa shape index (κ2) is 5.45. The quantitative estimate of drug-likeness (QED) is 0.744. The summed E-state index contributed by atoms with van der Waals surface area (Å²) in [4.78, 5) is 0. The second-order valence-corrected chi connectivity index (χ2v) is 8.12. The van der Waals surface area contributed by atoms with Crippen LogP contribution in [-0.2, 0) is 10.0 Å². The Bertz CT molecular complexity index is 358. The minimum atomic E-state index is -3.16. The third-order valence-corrected chi connectivity index (χ3v) is 7.22. The first-order chi connectivity index (χ1) is 8.05. The van der Waals surface area contributed by atoms with Crippen LogP contribution in [0.15, 0.2) is 0 Å². The van der Waals surface area contributed by atoms with Crippen molar-refractivity contribution in [3.8, 4) is 0 Å². The number of hydrogen-bond acceptors (Lipinski definition) is 2. The molecule has 2 fully saturated rings. The molecule has 1 heterocycles. The molecule has 1 aliphatic carbocycles. The molecule has 2 rings (SSSR count). The van der Waals surface area contributed by atoms with E-state index in [1.807, 2.05) is 0 Å². The molecule has 0 aromatic rings. The summed E-state index contributed by atoms with van der Waals surface area (Å²) in [6.07, 6.45) is 6.13. The summed E-state index contributed by atoms with van der Waals surface area (Å²) in [5, 5.41) is -0.454. The second-order valence-electron chi connectivity index (χ2n) is 5.46. The number of alkyl halides is 1. The van der Waals surface area contributed by atoms with Gasteiger partial charge in [-0.05, 0) is 31.6 Å². The smallest absolute Gasteiger partial charge is 0.212 e. The molecule has 0 amide bonds. The Kier molecular flexibility index (Phi) is 4.37. The van der Waals surface area contributed by atoms with E-state index in [0.717, 1.165) is 18.9 Å². The van der Waals surface area contributed by atoms with Gasteiger partial charge in [-0.3, -0.25) is 0 Å². The Morgan fingerprint density at radius 3 is 2.53 bits per heavy atom. The summed E-state index contributed by atoms with van der Waals surface area (Å²) in [7, 11) is -3.16. The predicted octanol–water partition coefficient (Wildman–Crippen LogP) is 2.46. The zero-order valence-corrected chi connectivity index (χ0v) is 12.0. The van der Waals surface area contributed by atoms with Gasteiger partial charge in [-0.15, -0.1) is 11.6 Å². The highest BCUT2D eigenvalue weighted by Gasteiger charge is 2.37. The van der Waals surface area contributed by atoms with Gasteiger partial charge in [0.25, 0.3) is 0 Å². The first kappa shape index (κ1) is 13.6. The first-order valence-electron chi connectivity index (χ1n) is 6.60. The fourth-order valence-corrected chi connectivity index (χ4v) is 5.04. The van der Waals surface area contributed by atoms with Crippen molar-refractivity contribution in [2.24, 2.45) is 11.8 Å². The molecule has 0 aromatic carbocycles. The predicted molar refractivity (Wildman–Crippen MR) is 70.7 cm³/mol. The molecule has 0 aromatic heterocycles. The van der Waals surface area contributed by atoms with Gasteiger partial charge in [-0.1, -0.05) is 19.3 Å². The summed E-state index contributed by atoms with van der Waals surface area (Å²) >= 11 is 5.69. The van der Waals surface area contributed by atoms with Gasteiger partial charge in [0.2, 0.25) is 10.0 Å². The highest BCUT2D eigenvalue weighted by Crippen LogP contribution is 2.37. The lowest BCUT2D eigenvalue weighted by atomic mass is 9.76. The molecule has 17 heavy (non-hydrogen) atoms. The number of rotatable bonds is 3. The standard InChI is InChI=1S/C12H22ClNO2S/c1-10(8-13)17(15,16)14-7-6-11-4-2-3-5-12(11)9-14/h10-12H,2-9H2,1H3. The molecule has 0 spiro atoms. The van der Waals surface area contributed by atoms with Crippen molar-refractivity contribution < 1.29 is 8.42 Å². The first-order valence-corrected chi connectivity index (χ1v) is 8.64. The van der Waals surface area contributed by atoms with Crippen LogP contribution in [0.25, 0.3) is 0 Å². The molecule has 1 saturated heterocycles. The summed E-state index contributed by atoms with van der Waals surface area (Å²) in [5.74, 6) is 1.55. The summed E-state index contributed by atoms with van der Waals surface area (Å²) in [6.45, 7) is 3.13. The molecule has 5 heteroatoms. The Morgan fingerprint density at radius 2 is 1.88 bits per heavy atom. The van der Waals surface area contributed by atoms with Crippen LogP contribution in [0.2, 0.25) is 0 Å². The normalized spacial score (nSPS) is 33.1. The zero-order valence-electron chi connectivity index (χ0n) is 10.4. The van der Waals surface area contributed by atoms with Crippen molar-refractivity contribution in [2.45, 2.75) is 44.3 Å². The van der Waals surface area contributed by atoms with E-state index < -0.39 is 15.3 Å². The van der Waals surface area contributed by atoms with E-state index in [1.165, 1.54) is 25.7 Å². The number of hydrogen-bond donors (Lipinski definition) is 0. The maximum Gasteiger partial charge on any atom is 0.217 e. The van der Waals surface area contributed by atoms with Crippen LogP contribution in [0.4, 0.5) is 0 Å². The van der Waals surface area contributed by atoms with Gasteiger partial charge in [0.15, 0.2) is 0 Å². The number of sulfonamides is 1. The third-order valence-electron chi connectivity index (χ3n) is 4.34. The van der Waals surface area contributed by atoms with E-state index in [1.54, 1.807) is 11.2 Å². The minimum absolute atomic E-state index is 0.187. The fraction of sp³-hybridized carbons (Fsp3) is 1.00. The largest absolute Gasteiger partial charge is 0.217 e. The van der Waals surface area contributed by atoms with Crippen LogP contribution in [0, 0.1) is 11.8 Å². The molecular formula is C12H22ClNO2S. The van der Waals surface area contributed by atoms with Crippen molar-refractivity contribution in [3.05, 3.63) is 0 Å².